The minimum atomic E-state index is -0.196. The van der Waals surface area contributed by atoms with E-state index in [2.05, 4.69) is 4.90 Å². The van der Waals surface area contributed by atoms with Crippen LogP contribution < -0.4 is 5.73 Å². The molecule has 0 saturated carbocycles. The van der Waals surface area contributed by atoms with Gasteiger partial charge in [-0.1, -0.05) is 12.1 Å². The maximum Gasteiger partial charge on any atom is 0.123 e. The zero-order valence-electron chi connectivity index (χ0n) is 11.5. The van der Waals surface area contributed by atoms with Crippen LogP contribution in [0.25, 0.3) is 0 Å². The number of halogens is 1. The van der Waals surface area contributed by atoms with Crippen LogP contribution in [0.5, 0.6) is 0 Å². The van der Waals surface area contributed by atoms with E-state index in [0.29, 0.717) is 12.5 Å². The zero-order chi connectivity index (χ0) is 13.7. The van der Waals surface area contributed by atoms with Crippen LogP contribution in [-0.2, 0) is 4.74 Å². The summed E-state index contributed by atoms with van der Waals surface area (Å²) in [6, 6.07) is 6.90. The number of ether oxygens (including phenoxy) is 1. The van der Waals surface area contributed by atoms with E-state index in [-0.39, 0.29) is 11.9 Å². The van der Waals surface area contributed by atoms with E-state index >= 15 is 0 Å². The molecule has 1 heterocycles. The van der Waals surface area contributed by atoms with Gasteiger partial charge in [0.05, 0.1) is 0 Å². The van der Waals surface area contributed by atoms with Crippen molar-refractivity contribution in [3.05, 3.63) is 35.6 Å². The molecule has 1 aliphatic rings. The molecule has 2 N–H and O–H groups in total. The van der Waals surface area contributed by atoms with Gasteiger partial charge in [0, 0.05) is 26.3 Å². The molecule has 1 aromatic rings. The van der Waals surface area contributed by atoms with Crippen molar-refractivity contribution in [1.29, 1.82) is 0 Å². The maximum absolute atomic E-state index is 13.0. The second-order valence-electron chi connectivity index (χ2n) is 5.24. The second kappa shape index (κ2) is 6.98. The van der Waals surface area contributed by atoms with Crippen LogP contribution in [0.1, 0.15) is 24.4 Å². The Labute approximate surface area is 114 Å². The van der Waals surface area contributed by atoms with Gasteiger partial charge in [-0.05, 0) is 49.5 Å². The molecule has 19 heavy (non-hydrogen) atoms. The lowest BCUT2D eigenvalue weighted by molar-refractivity contribution is 0.0810. The Bertz CT molecular complexity index is 374. The molecule has 0 radical (unpaired) electrons. The number of piperidine rings is 1. The first kappa shape index (κ1) is 14.4. The number of nitrogens with zero attached hydrogens (tertiary/aromatic N) is 1. The summed E-state index contributed by atoms with van der Waals surface area (Å²) in [6.07, 6.45) is 2.29. The summed E-state index contributed by atoms with van der Waals surface area (Å²) in [5.41, 5.74) is 7.01. The van der Waals surface area contributed by atoms with E-state index in [1.54, 1.807) is 7.11 Å². The van der Waals surface area contributed by atoms with Gasteiger partial charge in [0.2, 0.25) is 0 Å². The Morgan fingerprint density at radius 1 is 1.32 bits per heavy atom. The lowest BCUT2D eigenvalue weighted by Gasteiger charge is -2.37. The average Bonchev–Trinajstić information content (AvgIpc) is 2.44. The SMILES string of the molecule is COCC1CCN(C(CN)c2ccc(F)cc2)CC1. The fraction of sp³-hybridized carbons (Fsp3) is 0.600. The number of hydrogen-bond donors (Lipinski definition) is 1. The molecule has 1 unspecified atom stereocenters. The Kier molecular flexibility index (Phi) is 5.31. The Morgan fingerprint density at radius 3 is 2.47 bits per heavy atom. The van der Waals surface area contributed by atoms with Crippen molar-refractivity contribution < 1.29 is 9.13 Å². The fourth-order valence-electron chi connectivity index (χ4n) is 2.85. The maximum atomic E-state index is 13.0. The van der Waals surface area contributed by atoms with Crippen molar-refractivity contribution >= 4 is 0 Å². The van der Waals surface area contributed by atoms with Gasteiger partial charge >= 0.3 is 0 Å². The molecule has 3 nitrogen and oxygen atoms in total. The molecule has 1 aliphatic heterocycles. The molecule has 2 rings (SSSR count). The summed E-state index contributed by atoms with van der Waals surface area (Å²) >= 11 is 0. The van der Waals surface area contributed by atoms with Crippen molar-refractivity contribution in [2.75, 3.05) is 33.4 Å². The second-order valence-corrected chi connectivity index (χ2v) is 5.24. The van der Waals surface area contributed by atoms with E-state index in [1.165, 1.54) is 12.1 Å². The van der Waals surface area contributed by atoms with Crippen molar-refractivity contribution in [2.45, 2.75) is 18.9 Å². The molecular weight excluding hydrogens is 243 g/mol. The van der Waals surface area contributed by atoms with Gasteiger partial charge in [-0.15, -0.1) is 0 Å². The number of benzene rings is 1. The van der Waals surface area contributed by atoms with Crippen molar-refractivity contribution in [3.63, 3.8) is 0 Å². The first-order valence-electron chi connectivity index (χ1n) is 6.93. The van der Waals surface area contributed by atoms with Crippen molar-refractivity contribution in [3.8, 4) is 0 Å². The van der Waals surface area contributed by atoms with Crippen LogP contribution in [0.4, 0.5) is 4.39 Å². The molecule has 0 spiro atoms. The normalized spacial score (nSPS) is 19.5. The van der Waals surface area contributed by atoms with Gasteiger partial charge in [-0.3, -0.25) is 4.90 Å². The predicted molar refractivity (Wildman–Crippen MR) is 74.4 cm³/mol. The first-order chi connectivity index (χ1) is 9.24. The number of likely N-dealkylation sites (tertiary alicyclic amines) is 1. The summed E-state index contributed by atoms with van der Waals surface area (Å²) in [4.78, 5) is 2.40. The summed E-state index contributed by atoms with van der Waals surface area (Å²) in [6.45, 7) is 3.48. The highest BCUT2D eigenvalue weighted by Gasteiger charge is 2.25. The van der Waals surface area contributed by atoms with Crippen LogP contribution in [0.2, 0.25) is 0 Å². The summed E-state index contributed by atoms with van der Waals surface area (Å²) in [7, 11) is 1.76. The van der Waals surface area contributed by atoms with E-state index in [1.807, 2.05) is 12.1 Å². The van der Waals surface area contributed by atoms with Crippen LogP contribution >= 0.6 is 0 Å². The third-order valence-electron chi connectivity index (χ3n) is 3.97. The standard InChI is InChI=1S/C15H23FN2O/c1-19-11-12-6-8-18(9-7-12)15(10-17)13-2-4-14(16)5-3-13/h2-5,12,15H,6-11,17H2,1H3. The van der Waals surface area contributed by atoms with Crippen LogP contribution in [0.15, 0.2) is 24.3 Å². The van der Waals surface area contributed by atoms with Gasteiger partial charge in [0.1, 0.15) is 5.82 Å². The molecule has 4 heteroatoms. The lowest BCUT2D eigenvalue weighted by Crippen LogP contribution is -2.40. The quantitative estimate of drug-likeness (QED) is 0.888. The largest absolute Gasteiger partial charge is 0.384 e. The van der Waals surface area contributed by atoms with Gasteiger partial charge in [0.25, 0.3) is 0 Å². The first-order valence-corrected chi connectivity index (χ1v) is 6.93. The highest BCUT2D eigenvalue weighted by atomic mass is 19.1. The van der Waals surface area contributed by atoms with E-state index in [9.17, 15) is 4.39 Å². The van der Waals surface area contributed by atoms with E-state index in [4.69, 9.17) is 10.5 Å². The zero-order valence-corrected chi connectivity index (χ0v) is 11.5. The predicted octanol–water partition coefficient (Wildman–Crippen LogP) is 2.18. The lowest BCUT2D eigenvalue weighted by atomic mass is 9.95. The molecule has 1 fully saturated rings. The topological polar surface area (TPSA) is 38.5 Å². The van der Waals surface area contributed by atoms with Crippen molar-refractivity contribution in [2.24, 2.45) is 11.7 Å². The summed E-state index contributed by atoms with van der Waals surface area (Å²) in [5, 5.41) is 0. The summed E-state index contributed by atoms with van der Waals surface area (Å²) < 4.78 is 18.2. The average molecular weight is 266 g/mol. The Balaban J connectivity index is 1.97. The highest BCUT2D eigenvalue weighted by Crippen LogP contribution is 2.26. The van der Waals surface area contributed by atoms with Crippen LogP contribution in [0, 0.1) is 11.7 Å². The van der Waals surface area contributed by atoms with Crippen LogP contribution in [0.3, 0.4) is 0 Å². The van der Waals surface area contributed by atoms with E-state index in [0.717, 1.165) is 38.1 Å². The molecule has 0 aromatic heterocycles. The smallest absolute Gasteiger partial charge is 0.123 e. The third kappa shape index (κ3) is 3.75. The fourth-order valence-corrected chi connectivity index (χ4v) is 2.85. The van der Waals surface area contributed by atoms with Crippen molar-refractivity contribution in [1.82, 2.24) is 4.90 Å². The van der Waals surface area contributed by atoms with Gasteiger partial charge in [0.15, 0.2) is 0 Å². The number of rotatable bonds is 5. The van der Waals surface area contributed by atoms with Crippen LogP contribution in [-0.4, -0.2) is 38.3 Å². The Hall–Kier alpha value is -0.970. The summed E-state index contributed by atoms with van der Waals surface area (Å²) in [5.74, 6) is 0.464. The number of nitrogens with two attached hydrogens (primary N) is 1. The molecular formula is C15H23FN2O. The molecule has 1 aromatic carbocycles. The Morgan fingerprint density at radius 2 is 1.95 bits per heavy atom. The monoisotopic (exact) mass is 266 g/mol. The van der Waals surface area contributed by atoms with Gasteiger partial charge in [-0.25, -0.2) is 4.39 Å². The van der Waals surface area contributed by atoms with E-state index < -0.39 is 0 Å². The minimum absolute atomic E-state index is 0.196. The molecule has 106 valence electrons. The third-order valence-corrected chi connectivity index (χ3v) is 3.97. The number of hydrogen-bond acceptors (Lipinski definition) is 3. The highest BCUT2D eigenvalue weighted by molar-refractivity contribution is 5.20. The van der Waals surface area contributed by atoms with Gasteiger partial charge < -0.3 is 10.5 Å². The minimum Gasteiger partial charge on any atom is -0.384 e. The molecule has 0 bridgehead atoms. The number of methoxy groups -OCH3 is 1. The van der Waals surface area contributed by atoms with Gasteiger partial charge in [-0.2, -0.15) is 0 Å². The molecule has 1 saturated heterocycles. The molecule has 0 amide bonds. The molecule has 0 aliphatic carbocycles. The molecule has 1 atom stereocenters.